The second kappa shape index (κ2) is 7.94. The highest BCUT2D eigenvalue weighted by Gasteiger charge is 2.23. The molecule has 0 spiro atoms. The zero-order chi connectivity index (χ0) is 23.3. The summed E-state index contributed by atoms with van der Waals surface area (Å²) in [7, 11) is 0. The first-order chi connectivity index (χ1) is 16.6. The lowest BCUT2D eigenvalue weighted by Crippen LogP contribution is -2.25. The minimum absolute atomic E-state index is 0.287. The van der Waals surface area contributed by atoms with Crippen LogP contribution in [0.3, 0.4) is 0 Å². The topological polar surface area (TPSA) is 0 Å². The Bertz CT molecular complexity index is 1650. The van der Waals surface area contributed by atoms with Crippen LogP contribution in [0, 0.1) is 11.6 Å². The minimum Gasteiger partial charge on any atom is -0.207 e. The fraction of sp³-hybridized carbons (Fsp3) is 0. The maximum atomic E-state index is 13.8. The van der Waals surface area contributed by atoms with Gasteiger partial charge in [-0.2, -0.15) is 0 Å². The molecule has 0 N–H and O–H groups in total. The molecular formula is C31H21F2P. The van der Waals surface area contributed by atoms with Gasteiger partial charge in [0.1, 0.15) is 11.6 Å². The number of benzene rings is 6. The number of halogens is 2. The van der Waals surface area contributed by atoms with Crippen molar-refractivity contribution < 1.29 is 8.78 Å². The fourth-order valence-corrected chi connectivity index (χ4v) is 7.86. The number of rotatable bonds is 3. The van der Waals surface area contributed by atoms with Gasteiger partial charge in [-0.15, -0.1) is 0 Å². The molecule has 0 aliphatic rings. The molecule has 0 unspecified atom stereocenters. The third kappa shape index (κ3) is 3.18. The van der Waals surface area contributed by atoms with E-state index in [0.717, 1.165) is 21.3 Å². The summed E-state index contributed by atoms with van der Waals surface area (Å²) in [4.78, 5) is 0. The van der Waals surface area contributed by atoms with Crippen molar-refractivity contribution in [3.8, 4) is 0 Å². The first kappa shape index (κ1) is 20.8. The average Bonchev–Trinajstić information content (AvgIpc) is 2.89. The van der Waals surface area contributed by atoms with E-state index >= 15 is 0 Å². The first-order valence-corrected chi connectivity index (χ1v) is 13.1. The van der Waals surface area contributed by atoms with Gasteiger partial charge in [-0.1, -0.05) is 91.2 Å². The lowest BCUT2D eigenvalue weighted by molar-refractivity contribution is 0.628. The van der Waals surface area contributed by atoms with Gasteiger partial charge in [-0.3, -0.25) is 0 Å². The molecule has 0 heterocycles. The summed E-state index contributed by atoms with van der Waals surface area (Å²) in [5.74, 6) is -0.573. The number of hydrogen-bond acceptors (Lipinski definition) is 0. The Morgan fingerprint density at radius 3 is 1.21 bits per heavy atom. The molecule has 0 amide bonds. The maximum Gasteiger partial charge on any atom is 0.123 e. The molecule has 6 aromatic rings. The van der Waals surface area contributed by atoms with Crippen molar-refractivity contribution in [2.45, 2.75) is 0 Å². The molecular weight excluding hydrogens is 441 g/mol. The summed E-state index contributed by atoms with van der Waals surface area (Å²) in [6.45, 7) is -2.39. The summed E-state index contributed by atoms with van der Waals surface area (Å²) < 4.78 is 27.6. The van der Waals surface area contributed by atoms with Crippen LogP contribution in [0.1, 0.15) is 0 Å². The highest BCUT2D eigenvalue weighted by atomic mass is 31.2. The third-order valence-electron chi connectivity index (χ3n) is 6.70. The van der Waals surface area contributed by atoms with Crippen molar-refractivity contribution in [3.63, 3.8) is 0 Å². The van der Waals surface area contributed by atoms with Gasteiger partial charge in [-0.25, -0.2) is 8.78 Å². The Kier molecular flexibility index (Phi) is 4.86. The standard InChI is InChI=1S/C31H21F2P/c1-34(23-14-10-21(32)11-15-23,24-16-12-22(33)13-17-24)25-18-19-30-28-8-3-2-6-26(28)27-7-4-5-9-29(27)31(30)20-25/h2-20H,1H2. The summed E-state index contributed by atoms with van der Waals surface area (Å²) in [5.41, 5.74) is 0. The first-order valence-electron chi connectivity index (χ1n) is 11.2. The van der Waals surface area contributed by atoms with Crippen LogP contribution in [0.25, 0.3) is 32.3 Å². The fourth-order valence-electron chi connectivity index (χ4n) is 4.97. The molecule has 0 atom stereocenters. The van der Waals surface area contributed by atoms with Crippen LogP contribution in [0.2, 0.25) is 0 Å². The number of hydrogen-bond donors (Lipinski definition) is 0. The van der Waals surface area contributed by atoms with Crippen molar-refractivity contribution in [2.75, 3.05) is 0 Å². The molecule has 34 heavy (non-hydrogen) atoms. The number of fused-ring (bicyclic) bond motifs is 6. The van der Waals surface area contributed by atoms with Gasteiger partial charge in [0.15, 0.2) is 0 Å². The zero-order valence-electron chi connectivity index (χ0n) is 18.4. The second-order valence-corrected chi connectivity index (χ2v) is 11.8. The molecule has 0 fully saturated rings. The molecule has 0 aliphatic carbocycles. The van der Waals surface area contributed by atoms with E-state index in [9.17, 15) is 8.78 Å². The van der Waals surface area contributed by atoms with Crippen LogP contribution in [-0.2, 0) is 0 Å². The lowest BCUT2D eigenvalue weighted by Gasteiger charge is -2.27. The van der Waals surface area contributed by atoms with Crippen LogP contribution in [0.15, 0.2) is 115 Å². The normalized spacial score (nSPS) is 11.9. The van der Waals surface area contributed by atoms with E-state index in [1.165, 1.54) is 51.2 Å². The lowest BCUT2D eigenvalue weighted by atomic mass is 9.94. The van der Waals surface area contributed by atoms with E-state index in [-0.39, 0.29) is 11.6 Å². The van der Waals surface area contributed by atoms with E-state index in [2.05, 4.69) is 66.7 Å². The molecule has 164 valence electrons. The molecule has 0 saturated carbocycles. The van der Waals surface area contributed by atoms with Crippen LogP contribution in [-0.4, -0.2) is 6.30 Å². The summed E-state index contributed by atoms with van der Waals surface area (Å²) in [6, 6.07) is 36.6. The minimum atomic E-state index is -2.39. The maximum absolute atomic E-state index is 13.8. The van der Waals surface area contributed by atoms with Crippen molar-refractivity contribution in [3.05, 3.63) is 127 Å². The Morgan fingerprint density at radius 2 is 0.765 bits per heavy atom. The molecule has 0 bridgehead atoms. The van der Waals surface area contributed by atoms with Crippen molar-refractivity contribution >= 4 is 61.4 Å². The van der Waals surface area contributed by atoms with Crippen molar-refractivity contribution in [1.29, 1.82) is 0 Å². The van der Waals surface area contributed by atoms with Crippen molar-refractivity contribution in [2.24, 2.45) is 0 Å². The second-order valence-electron chi connectivity index (χ2n) is 8.58. The van der Waals surface area contributed by atoms with Gasteiger partial charge < -0.3 is 0 Å². The van der Waals surface area contributed by atoms with Crippen molar-refractivity contribution in [1.82, 2.24) is 0 Å². The van der Waals surface area contributed by atoms with Gasteiger partial charge in [0, 0.05) is 0 Å². The zero-order valence-corrected chi connectivity index (χ0v) is 19.3. The predicted octanol–water partition coefficient (Wildman–Crippen LogP) is 7.15. The Balaban J connectivity index is 1.71. The van der Waals surface area contributed by atoms with E-state index in [0.29, 0.717) is 0 Å². The summed E-state index contributed by atoms with van der Waals surface area (Å²) >= 11 is 0. The van der Waals surface area contributed by atoms with Crippen LogP contribution in [0.5, 0.6) is 0 Å². The van der Waals surface area contributed by atoms with Gasteiger partial charge in [0.2, 0.25) is 0 Å². The smallest absolute Gasteiger partial charge is 0.123 e. The molecule has 6 aromatic carbocycles. The predicted molar refractivity (Wildman–Crippen MR) is 145 cm³/mol. The van der Waals surface area contributed by atoms with Crippen LogP contribution in [0.4, 0.5) is 8.78 Å². The molecule has 0 radical (unpaired) electrons. The Hall–Kier alpha value is -3.74. The quantitative estimate of drug-likeness (QED) is 0.194. The highest BCUT2D eigenvalue weighted by molar-refractivity contribution is 7.93. The van der Waals surface area contributed by atoms with Gasteiger partial charge >= 0.3 is 0 Å². The molecule has 3 heteroatoms. The van der Waals surface area contributed by atoms with E-state index in [4.69, 9.17) is 6.30 Å². The van der Waals surface area contributed by atoms with Gasteiger partial charge in [-0.05, 0) is 85.4 Å². The molecule has 6 rings (SSSR count). The highest BCUT2D eigenvalue weighted by Crippen LogP contribution is 2.44. The van der Waals surface area contributed by atoms with E-state index in [1.54, 1.807) is 0 Å². The Morgan fingerprint density at radius 1 is 0.412 bits per heavy atom. The molecule has 0 aliphatic heterocycles. The van der Waals surface area contributed by atoms with Crippen LogP contribution < -0.4 is 15.9 Å². The van der Waals surface area contributed by atoms with Crippen LogP contribution >= 0.6 is 6.89 Å². The summed E-state index contributed by atoms with van der Waals surface area (Å²) in [5, 5.41) is 10.1. The SMILES string of the molecule is C=P(c1ccc(F)cc1)(c1ccc(F)cc1)c1ccc2c3ccccc3c3ccccc3c2c1. The molecule has 0 saturated heterocycles. The van der Waals surface area contributed by atoms with Gasteiger partial charge in [0.05, 0.1) is 0 Å². The molecule has 0 nitrogen and oxygen atoms in total. The summed E-state index contributed by atoms with van der Waals surface area (Å²) in [6.07, 6.45) is 4.76. The van der Waals surface area contributed by atoms with E-state index < -0.39 is 6.89 Å². The largest absolute Gasteiger partial charge is 0.207 e. The monoisotopic (exact) mass is 462 g/mol. The Labute approximate surface area is 197 Å². The van der Waals surface area contributed by atoms with E-state index in [1.807, 2.05) is 24.3 Å². The average molecular weight is 462 g/mol. The van der Waals surface area contributed by atoms with Gasteiger partial charge in [0.25, 0.3) is 0 Å². The third-order valence-corrected chi connectivity index (χ3v) is 10.2. The molecule has 0 aromatic heterocycles.